The molecule has 0 saturated carbocycles. The minimum absolute atomic E-state index is 0.156. The zero-order valence-electron chi connectivity index (χ0n) is 9.85. The van der Waals surface area contributed by atoms with E-state index < -0.39 is 0 Å². The van der Waals surface area contributed by atoms with Gasteiger partial charge in [0.1, 0.15) is 5.82 Å². The largest absolute Gasteiger partial charge is 0.330 e. The van der Waals surface area contributed by atoms with E-state index in [0.29, 0.717) is 17.1 Å². The van der Waals surface area contributed by atoms with Crippen LogP contribution in [0.3, 0.4) is 0 Å². The van der Waals surface area contributed by atoms with Crippen LogP contribution in [0.4, 0.5) is 4.39 Å². The molecule has 0 bridgehead atoms. The van der Waals surface area contributed by atoms with E-state index in [1.54, 1.807) is 19.2 Å². The summed E-state index contributed by atoms with van der Waals surface area (Å²) in [7, 11) is 1.79. The normalized spacial score (nSPS) is 13.9. The van der Waals surface area contributed by atoms with Gasteiger partial charge in [-0.15, -0.1) is 0 Å². The van der Waals surface area contributed by atoms with Crippen molar-refractivity contribution in [1.29, 1.82) is 0 Å². The SMILES string of the molecule is CNC(c1cc(Cl)ccc1F)C(C)(C)CN. The summed E-state index contributed by atoms with van der Waals surface area (Å²) in [5, 5.41) is 3.63. The standard InChI is InChI=1S/C12H18ClFN2/c1-12(2,7-15)11(16-3)9-6-8(13)4-5-10(9)14/h4-6,11,16H,7,15H2,1-3H3. The number of halogens is 2. The van der Waals surface area contributed by atoms with Gasteiger partial charge in [-0.05, 0) is 37.2 Å². The van der Waals surface area contributed by atoms with Crippen molar-refractivity contribution in [2.24, 2.45) is 11.1 Å². The molecule has 0 heterocycles. The lowest BCUT2D eigenvalue weighted by Crippen LogP contribution is -2.38. The second-order valence-corrected chi connectivity index (χ2v) is 5.02. The molecule has 0 saturated heterocycles. The van der Waals surface area contributed by atoms with Crippen LogP contribution in [0.1, 0.15) is 25.5 Å². The number of rotatable bonds is 4. The first kappa shape index (κ1) is 13.4. The van der Waals surface area contributed by atoms with Crippen LogP contribution < -0.4 is 11.1 Å². The van der Waals surface area contributed by atoms with Crippen molar-refractivity contribution < 1.29 is 4.39 Å². The van der Waals surface area contributed by atoms with E-state index in [2.05, 4.69) is 5.32 Å². The van der Waals surface area contributed by atoms with Crippen molar-refractivity contribution in [3.63, 3.8) is 0 Å². The molecule has 0 spiro atoms. The zero-order chi connectivity index (χ0) is 12.3. The van der Waals surface area contributed by atoms with Crippen LogP contribution >= 0.6 is 11.6 Å². The monoisotopic (exact) mass is 244 g/mol. The van der Waals surface area contributed by atoms with Crippen molar-refractivity contribution in [3.05, 3.63) is 34.6 Å². The Morgan fingerprint density at radius 1 is 1.50 bits per heavy atom. The van der Waals surface area contributed by atoms with Crippen molar-refractivity contribution in [1.82, 2.24) is 5.32 Å². The summed E-state index contributed by atoms with van der Waals surface area (Å²) in [6.07, 6.45) is 0. The molecule has 0 aliphatic heterocycles. The second kappa shape index (κ2) is 5.13. The predicted molar refractivity (Wildman–Crippen MR) is 66.0 cm³/mol. The molecule has 1 atom stereocenters. The summed E-state index contributed by atoms with van der Waals surface area (Å²) in [5.74, 6) is -0.259. The van der Waals surface area contributed by atoms with Gasteiger partial charge in [0.2, 0.25) is 0 Å². The highest BCUT2D eigenvalue weighted by Crippen LogP contribution is 2.34. The first-order chi connectivity index (χ1) is 7.42. The van der Waals surface area contributed by atoms with Gasteiger partial charge in [0.25, 0.3) is 0 Å². The van der Waals surface area contributed by atoms with Crippen molar-refractivity contribution in [2.75, 3.05) is 13.6 Å². The summed E-state index contributed by atoms with van der Waals surface area (Å²) in [6.45, 7) is 4.45. The van der Waals surface area contributed by atoms with Crippen molar-refractivity contribution >= 4 is 11.6 Å². The number of hydrogen-bond donors (Lipinski definition) is 2. The number of benzene rings is 1. The molecule has 1 aromatic rings. The molecule has 1 aromatic carbocycles. The fourth-order valence-electron chi connectivity index (χ4n) is 1.82. The molecule has 0 aromatic heterocycles. The van der Waals surface area contributed by atoms with E-state index in [-0.39, 0.29) is 17.3 Å². The highest BCUT2D eigenvalue weighted by Gasteiger charge is 2.30. The molecule has 1 rings (SSSR count). The van der Waals surface area contributed by atoms with E-state index in [1.165, 1.54) is 6.07 Å². The van der Waals surface area contributed by atoms with Gasteiger partial charge in [0.15, 0.2) is 0 Å². The molecule has 0 fully saturated rings. The highest BCUT2D eigenvalue weighted by molar-refractivity contribution is 6.30. The van der Waals surface area contributed by atoms with E-state index in [4.69, 9.17) is 17.3 Å². The molecule has 0 radical (unpaired) electrons. The molecule has 16 heavy (non-hydrogen) atoms. The molecule has 2 nitrogen and oxygen atoms in total. The fourth-order valence-corrected chi connectivity index (χ4v) is 2.00. The fraction of sp³-hybridized carbons (Fsp3) is 0.500. The Balaban J connectivity index is 3.18. The Morgan fingerprint density at radius 3 is 2.62 bits per heavy atom. The lowest BCUT2D eigenvalue weighted by molar-refractivity contribution is 0.260. The Bertz CT molecular complexity index is 366. The quantitative estimate of drug-likeness (QED) is 0.855. The van der Waals surface area contributed by atoms with E-state index in [9.17, 15) is 4.39 Å². The minimum Gasteiger partial charge on any atom is -0.330 e. The average molecular weight is 245 g/mol. The maximum Gasteiger partial charge on any atom is 0.128 e. The van der Waals surface area contributed by atoms with E-state index >= 15 is 0 Å². The van der Waals surface area contributed by atoms with Crippen LogP contribution in [0.5, 0.6) is 0 Å². The van der Waals surface area contributed by atoms with Crippen molar-refractivity contribution in [2.45, 2.75) is 19.9 Å². The third kappa shape index (κ3) is 2.73. The highest BCUT2D eigenvalue weighted by atomic mass is 35.5. The summed E-state index contributed by atoms with van der Waals surface area (Å²) in [5.41, 5.74) is 6.04. The third-order valence-corrected chi connectivity index (χ3v) is 3.10. The zero-order valence-corrected chi connectivity index (χ0v) is 10.6. The Hall–Kier alpha value is -0.640. The molecule has 4 heteroatoms. The molecular weight excluding hydrogens is 227 g/mol. The van der Waals surface area contributed by atoms with Crippen LogP contribution in [0.25, 0.3) is 0 Å². The van der Waals surface area contributed by atoms with Gasteiger partial charge in [-0.3, -0.25) is 0 Å². The van der Waals surface area contributed by atoms with Crippen LogP contribution in [0.2, 0.25) is 5.02 Å². The number of nitrogens with one attached hydrogen (secondary N) is 1. The Morgan fingerprint density at radius 2 is 2.12 bits per heavy atom. The molecule has 90 valence electrons. The first-order valence-electron chi connectivity index (χ1n) is 5.24. The second-order valence-electron chi connectivity index (χ2n) is 4.58. The van der Waals surface area contributed by atoms with Crippen LogP contribution in [-0.4, -0.2) is 13.6 Å². The minimum atomic E-state index is -0.259. The maximum absolute atomic E-state index is 13.7. The molecule has 0 aliphatic rings. The Labute approximate surface area is 101 Å². The molecule has 3 N–H and O–H groups in total. The maximum atomic E-state index is 13.7. The summed E-state index contributed by atoms with van der Waals surface area (Å²) >= 11 is 5.89. The van der Waals surface area contributed by atoms with Crippen LogP contribution in [-0.2, 0) is 0 Å². The van der Waals surface area contributed by atoms with Crippen molar-refractivity contribution in [3.8, 4) is 0 Å². The molecule has 0 aliphatic carbocycles. The molecular formula is C12H18ClFN2. The van der Waals surface area contributed by atoms with Gasteiger partial charge in [-0.2, -0.15) is 0 Å². The molecule has 0 amide bonds. The summed E-state index contributed by atoms with van der Waals surface area (Å²) < 4.78 is 13.7. The lowest BCUT2D eigenvalue weighted by atomic mass is 9.80. The van der Waals surface area contributed by atoms with Gasteiger partial charge in [0, 0.05) is 16.6 Å². The van der Waals surface area contributed by atoms with E-state index in [1.807, 2.05) is 13.8 Å². The third-order valence-electron chi connectivity index (χ3n) is 2.87. The van der Waals surface area contributed by atoms with Gasteiger partial charge < -0.3 is 11.1 Å². The topological polar surface area (TPSA) is 38.0 Å². The number of nitrogens with two attached hydrogens (primary N) is 1. The smallest absolute Gasteiger partial charge is 0.128 e. The summed E-state index contributed by atoms with van der Waals surface area (Å²) in [6, 6.07) is 4.42. The van der Waals surface area contributed by atoms with E-state index in [0.717, 1.165) is 0 Å². The summed E-state index contributed by atoms with van der Waals surface area (Å²) in [4.78, 5) is 0. The number of hydrogen-bond acceptors (Lipinski definition) is 2. The average Bonchev–Trinajstić information content (AvgIpc) is 2.24. The first-order valence-corrected chi connectivity index (χ1v) is 5.62. The molecule has 1 unspecified atom stereocenters. The van der Waals surface area contributed by atoms with Gasteiger partial charge in [0.05, 0.1) is 0 Å². The van der Waals surface area contributed by atoms with Gasteiger partial charge in [-0.25, -0.2) is 4.39 Å². The lowest BCUT2D eigenvalue weighted by Gasteiger charge is -2.33. The van der Waals surface area contributed by atoms with Gasteiger partial charge in [-0.1, -0.05) is 25.4 Å². The predicted octanol–water partition coefficient (Wildman–Crippen LogP) is 2.72. The van der Waals surface area contributed by atoms with Crippen LogP contribution in [0.15, 0.2) is 18.2 Å². The van der Waals surface area contributed by atoms with Crippen LogP contribution in [0, 0.1) is 11.2 Å². The Kier molecular flexibility index (Phi) is 4.30. The van der Waals surface area contributed by atoms with Gasteiger partial charge >= 0.3 is 0 Å².